The largest absolute Gasteiger partial charge is 0.378 e. The molecule has 1 fully saturated rings. The highest BCUT2D eigenvalue weighted by Crippen LogP contribution is 2.36. The number of thiophene rings is 2. The zero-order valence-electron chi connectivity index (χ0n) is 17.7. The van der Waals surface area contributed by atoms with Crippen LogP contribution in [0.15, 0.2) is 45.3 Å². The first kappa shape index (κ1) is 21.6. The van der Waals surface area contributed by atoms with Crippen molar-refractivity contribution in [2.45, 2.75) is 31.1 Å². The molecule has 2 aliphatic rings. The van der Waals surface area contributed by atoms with Gasteiger partial charge in [-0.3, -0.25) is 9.36 Å². The first-order chi connectivity index (χ1) is 15.7. The molecule has 168 valence electrons. The molecule has 0 saturated carbocycles. The van der Waals surface area contributed by atoms with Crippen molar-refractivity contribution in [3.63, 3.8) is 0 Å². The monoisotopic (exact) mass is 488 g/mol. The Kier molecular flexibility index (Phi) is 6.58. The summed E-state index contributed by atoms with van der Waals surface area (Å²) in [7, 11) is 0. The number of hydrazone groups is 1. The molecule has 1 amide bonds. The molecule has 3 aromatic heterocycles. The predicted octanol–water partition coefficient (Wildman–Crippen LogP) is 3.73. The van der Waals surface area contributed by atoms with Gasteiger partial charge in [-0.2, -0.15) is 5.10 Å². The Labute approximate surface area is 198 Å². The van der Waals surface area contributed by atoms with Crippen molar-refractivity contribution in [3.8, 4) is 0 Å². The normalized spacial score (nSPS) is 18.9. The van der Waals surface area contributed by atoms with Crippen LogP contribution in [0.2, 0.25) is 0 Å². The summed E-state index contributed by atoms with van der Waals surface area (Å²) < 4.78 is 7.52. The highest BCUT2D eigenvalue weighted by molar-refractivity contribution is 7.99. The van der Waals surface area contributed by atoms with Gasteiger partial charge in [-0.1, -0.05) is 23.9 Å². The van der Waals surface area contributed by atoms with Gasteiger partial charge in [0.25, 0.3) is 5.91 Å². The molecule has 1 saturated heterocycles. The topological polar surface area (TPSA) is 75.9 Å². The van der Waals surface area contributed by atoms with Crippen molar-refractivity contribution in [2.75, 3.05) is 37.0 Å². The van der Waals surface area contributed by atoms with Crippen LogP contribution in [0, 0.1) is 0 Å². The fraction of sp³-hybridized carbons (Fsp3) is 0.429. The number of amides is 1. The second kappa shape index (κ2) is 9.74. The number of carbonyl (C=O) groups is 1. The van der Waals surface area contributed by atoms with Crippen LogP contribution >= 0.6 is 34.4 Å². The Morgan fingerprint density at radius 2 is 2.00 bits per heavy atom. The van der Waals surface area contributed by atoms with Gasteiger partial charge in [0.2, 0.25) is 5.95 Å². The third kappa shape index (κ3) is 4.34. The van der Waals surface area contributed by atoms with Crippen molar-refractivity contribution < 1.29 is 9.53 Å². The number of hydrogen-bond donors (Lipinski definition) is 0. The van der Waals surface area contributed by atoms with Crippen LogP contribution in [0.3, 0.4) is 0 Å². The van der Waals surface area contributed by atoms with E-state index in [-0.39, 0.29) is 17.7 Å². The van der Waals surface area contributed by atoms with Crippen molar-refractivity contribution in [1.29, 1.82) is 0 Å². The minimum absolute atomic E-state index is 0.0152. The van der Waals surface area contributed by atoms with E-state index in [1.54, 1.807) is 27.7 Å². The van der Waals surface area contributed by atoms with E-state index in [0.717, 1.165) is 52.6 Å². The number of thioether (sulfide) groups is 1. The minimum atomic E-state index is -0.0480. The van der Waals surface area contributed by atoms with E-state index in [1.165, 1.54) is 11.8 Å². The van der Waals surface area contributed by atoms with Gasteiger partial charge in [0.05, 0.1) is 35.6 Å². The van der Waals surface area contributed by atoms with Crippen LogP contribution in [0.5, 0.6) is 0 Å². The Balaban J connectivity index is 1.32. The summed E-state index contributed by atoms with van der Waals surface area (Å²) in [5.41, 5.74) is 0.975. The van der Waals surface area contributed by atoms with E-state index in [9.17, 15) is 4.79 Å². The summed E-state index contributed by atoms with van der Waals surface area (Å²) in [5, 5.41) is 20.0. The summed E-state index contributed by atoms with van der Waals surface area (Å²) >= 11 is 4.75. The average molecular weight is 489 g/mol. The molecule has 3 aromatic rings. The van der Waals surface area contributed by atoms with E-state index in [1.807, 2.05) is 22.9 Å². The SMILES string of the molecule is CCn1c(SCC(=O)N2N=C(c3cccs3)CC2c2cccs2)nnc1N1CCOCC1. The number of anilines is 1. The zero-order valence-corrected chi connectivity index (χ0v) is 20.2. The van der Waals surface area contributed by atoms with Gasteiger partial charge in [0, 0.05) is 30.9 Å². The summed E-state index contributed by atoms with van der Waals surface area (Å²) in [6.45, 7) is 5.82. The number of nitrogens with zero attached hydrogens (tertiary/aromatic N) is 6. The summed E-state index contributed by atoms with van der Waals surface area (Å²) in [4.78, 5) is 17.7. The zero-order chi connectivity index (χ0) is 21.9. The molecule has 1 unspecified atom stereocenters. The molecule has 0 spiro atoms. The van der Waals surface area contributed by atoms with E-state index in [0.29, 0.717) is 13.2 Å². The Morgan fingerprint density at radius 3 is 2.72 bits per heavy atom. The third-order valence-electron chi connectivity index (χ3n) is 5.48. The lowest BCUT2D eigenvalue weighted by molar-refractivity contribution is -0.130. The van der Waals surface area contributed by atoms with E-state index < -0.39 is 0 Å². The summed E-state index contributed by atoms with van der Waals surface area (Å²) in [5.74, 6) is 1.10. The first-order valence-electron chi connectivity index (χ1n) is 10.6. The number of carbonyl (C=O) groups excluding carboxylic acids is 1. The molecule has 32 heavy (non-hydrogen) atoms. The van der Waals surface area contributed by atoms with Gasteiger partial charge in [-0.05, 0) is 29.8 Å². The number of ether oxygens (including phenoxy) is 1. The van der Waals surface area contributed by atoms with Crippen LogP contribution in [0.25, 0.3) is 0 Å². The van der Waals surface area contributed by atoms with Crippen molar-refractivity contribution in [2.24, 2.45) is 5.10 Å². The number of aromatic nitrogens is 3. The Hall–Kier alpha value is -2.21. The maximum Gasteiger partial charge on any atom is 0.253 e. The quantitative estimate of drug-likeness (QED) is 0.472. The lowest BCUT2D eigenvalue weighted by atomic mass is 10.1. The molecule has 0 N–H and O–H groups in total. The molecule has 0 aromatic carbocycles. The molecule has 5 rings (SSSR count). The van der Waals surface area contributed by atoms with E-state index >= 15 is 0 Å². The van der Waals surface area contributed by atoms with Gasteiger partial charge in [-0.25, -0.2) is 5.01 Å². The Bertz CT molecular complexity index is 1070. The average Bonchev–Trinajstić information content (AvgIpc) is 3.63. The van der Waals surface area contributed by atoms with Crippen molar-refractivity contribution in [1.82, 2.24) is 19.8 Å². The van der Waals surface area contributed by atoms with Gasteiger partial charge >= 0.3 is 0 Å². The van der Waals surface area contributed by atoms with Crippen LogP contribution in [0.4, 0.5) is 5.95 Å². The molecule has 1 atom stereocenters. The molecule has 8 nitrogen and oxygen atoms in total. The van der Waals surface area contributed by atoms with Crippen molar-refractivity contribution in [3.05, 3.63) is 44.8 Å². The maximum absolute atomic E-state index is 13.3. The fourth-order valence-corrected chi connectivity index (χ4v) is 6.27. The molecule has 5 heterocycles. The first-order valence-corrected chi connectivity index (χ1v) is 13.3. The standard InChI is InChI=1S/C21H24N6O2S3/c1-2-26-20(25-7-9-29-10-8-25)22-23-21(26)32-14-19(28)27-16(18-6-4-12-31-18)13-15(24-27)17-5-3-11-30-17/h3-6,11-12,16H,2,7-10,13-14H2,1H3. The summed E-state index contributed by atoms with van der Waals surface area (Å²) in [6.07, 6.45) is 0.740. The van der Waals surface area contributed by atoms with Crippen LogP contribution in [0.1, 0.15) is 29.1 Å². The van der Waals surface area contributed by atoms with Gasteiger partial charge in [0.15, 0.2) is 5.16 Å². The molecule has 2 aliphatic heterocycles. The number of morpholine rings is 1. The third-order valence-corrected chi connectivity index (χ3v) is 8.32. The lowest BCUT2D eigenvalue weighted by Crippen LogP contribution is -2.38. The highest BCUT2D eigenvalue weighted by Gasteiger charge is 2.34. The lowest BCUT2D eigenvalue weighted by Gasteiger charge is -2.27. The van der Waals surface area contributed by atoms with Gasteiger partial charge in [-0.15, -0.1) is 32.9 Å². The minimum Gasteiger partial charge on any atom is -0.378 e. The summed E-state index contributed by atoms with van der Waals surface area (Å²) in [6, 6.07) is 8.14. The Morgan fingerprint density at radius 1 is 1.19 bits per heavy atom. The molecule has 0 bridgehead atoms. The highest BCUT2D eigenvalue weighted by atomic mass is 32.2. The van der Waals surface area contributed by atoms with Crippen LogP contribution < -0.4 is 4.90 Å². The number of hydrogen-bond acceptors (Lipinski definition) is 9. The van der Waals surface area contributed by atoms with Crippen LogP contribution in [-0.2, 0) is 16.1 Å². The fourth-order valence-electron chi connectivity index (χ4n) is 3.89. The number of rotatable bonds is 7. The second-order valence-corrected chi connectivity index (χ2v) is 10.3. The molecule has 0 radical (unpaired) electrons. The molecular formula is C21H24N6O2S3. The molecule has 11 heteroatoms. The van der Waals surface area contributed by atoms with E-state index in [4.69, 9.17) is 9.84 Å². The second-order valence-electron chi connectivity index (χ2n) is 7.41. The van der Waals surface area contributed by atoms with Crippen molar-refractivity contribution >= 4 is 52.0 Å². The van der Waals surface area contributed by atoms with E-state index in [2.05, 4.69) is 38.7 Å². The molecular weight excluding hydrogens is 464 g/mol. The van der Waals surface area contributed by atoms with Crippen LogP contribution in [-0.4, -0.2) is 63.4 Å². The predicted molar refractivity (Wildman–Crippen MR) is 129 cm³/mol. The van der Waals surface area contributed by atoms with Gasteiger partial charge in [0.1, 0.15) is 0 Å². The maximum atomic E-state index is 13.3. The van der Waals surface area contributed by atoms with Gasteiger partial charge < -0.3 is 9.64 Å². The molecule has 0 aliphatic carbocycles. The smallest absolute Gasteiger partial charge is 0.253 e.